The van der Waals surface area contributed by atoms with E-state index in [1.54, 1.807) is 11.0 Å². The summed E-state index contributed by atoms with van der Waals surface area (Å²) in [7, 11) is 0. The summed E-state index contributed by atoms with van der Waals surface area (Å²) >= 11 is 0.695. The Morgan fingerprint density at radius 3 is 2.48 bits per heavy atom. The normalized spacial score (nSPS) is 19.5. The van der Waals surface area contributed by atoms with Gasteiger partial charge in [0.25, 0.3) is 16.8 Å². The minimum Gasteiger partial charge on any atom is -0.341 e. The van der Waals surface area contributed by atoms with E-state index in [0.717, 1.165) is 30.6 Å². The largest absolute Gasteiger partial charge is 0.341 e. The Morgan fingerprint density at radius 1 is 1.15 bits per heavy atom. The lowest BCUT2D eigenvalue weighted by molar-refractivity contribution is -0.385. The van der Waals surface area contributed by atoms with Crippen molar-refractivity contribution in [3.05, 3.63) is 44.8 Å². The highest BCUT2D eigenvalue weighted by Crippen LogP contribution is 2.33. The Hall–Kier alpha value is -2.68. The van der Waals surface area contributed by atoms with Gasteiger partial charge in [-0.1, -0.05) is 25.0 Å². The zero-order chi connectivity index (χ0) is 19.4. The molecule has 2 heterocycles. The molecule has 3 amide bonds. The third-order valence-corrected chi connectivity index (χ3v) is 5.45. The number of imide groups is 1. The van der Waals surface area contributed by atoms with Gasteiger partial charge in [-0.25, -0.2) is 0 Å². The molecule has 2 saturated heterocycles. The molecule has 0 aliphatic carbocycles. The maximum absolute atomic E-state index is 12.6. The Balaban J connectivity index is 1.75. The van der Waals surface area contributed by atoms with Crippen molar-refractivity contribution in [2.24, 2.45) is 0 Å². The third-order valence-electron chi connectivity index (χ3n) is 4.55. The molecule has 0 atom stereocenters. The molecule has 0 unspecified atom stereocenters. The number of carbonyl (C=O) groups excluding carboxylic acids is 3. The first-order chi connectivity index (χ1) is 13.0. The Bertz CT molecular complexity index is 815. The highest BCUT2D eigenvalue weighted by molar-refractivity contribution is 8.18. The molecule has 9 heteroatoms. The molecule has 0 N–H and O–H groups in total. The summed E-state index contributed by atoms with van der Waals surface area (Å²) in [6.45, 7) is 0.987. The van der Waals surface area contributed by atoms with Gasteiger partial charge >= 0.3 is 0 Å². The number of nitro benzene ring substituents is 1. The van der Waals surface area contributed by atoms with Crippen LogP contribution in [0.25, 0.3) is 6.08 Å². The molecule has 0 bridgehead atoms. The molecular weight excluding hydrogens is 370 g/mol. The standard InChI is InChI=1S/C18H19N3O5S/c22-16(19-9-5-1-2-6-10-19)12-20-17(23)15(27-18(20)24)11-13-7-3-4-8-14(13)21(25)26/h3-4,7-8,11H,1-2,5-6,9-10,12H2. The number of thioether (sulfide) groups is 1. The van der Waals surface area contributed by atoms with E-state index in [1.807, 2.05) is 0 Å². The van der Waals surface area contributed by atoms with Crippen LogP contribution < -0.4 is 0 Å². The van der Waals surface area contributed by atoms with Crippen molar-refractivity contribution in [3.63, 3.8) is 0 Å². The molecule has 0 spiro atoms. The molecule has 0 aromatic heterocycles. The predicted octanol–water partition coefficient (Wildman–Crippen LogP) is 3.03. The van der Waals surface area contributed by atoms with Gasteiger partial charge in [-0.05, 0) is 36.7 Å². The van der Waals surface area contributed by atoms with Crippen molar-refractivity contribution in [1.82, 2.24) is 9.80 Å². The zero-order valence-electron chi connectivity index (χ0n) is 14.6. The summed E-state index contributed by atoms with van der Waals surface area (Å²) in [4.78, 5) is 50.5. The number of carbonyl (C=O) groups is 3. The first-order valence-electron chi connectivity index (χ1n) is 8.74. The van der Waals surface area contributed by atoms with Crippen LogP contribution in [-0.2, 0) is 9.59 Å². The lowest BCUT2D eigenvalue weighted by atomic mass is 10.1. The van der Waals surface area contributed by atoms with E-state index < -0.39 is 16.1 Å². The summed E-state index contributed by atoms with van der Waals surface area (Å²) < 4.78 is 0. The SMILES string of the molecule is O=C(CN1C(=O)SC(=Cc2ccccc2[N+](=O)[O-])C1=O)N1CCCCCC1. The smallest absolute Gasteiger partial charge is 0.294 e. The predicted molar refractivity (Wildman–Crippen MR) is 101 cm³/mol. The molecule has 2 fully saturated rings. The molecule has 2 aliphatic heterocycles. The highest BCUT2D eigenvalue weighted by Gasteiger charge is 2.37. The van der Waals surface area contributed by atoms with Crippen LogP contribution in [0.15, 0.2) is 29.2 Å². The molecule has 1 aromatic rings. The first-order valence-corrected chi connectivity index (χ1v) is 9.55. The number of nitrogens with zero attached hydrogens (tertiary/aromatic N) is 3. The van der Waals surface area contributed by atoms with Crippen molar-refractivity contribution in [3.8, 4) is 0 Å². The maximum atomic E-state index is 12.6. The highest BCUT2D eigenvalue weighted by atomic mass is 32.2. The van der Waals surface area contributed by atoms with Crippen LogP contribution in [0.3, 0.4) is 0 Å². The van der Waals surface area contributed by atoms with Crippen LogP contribution in [0.1, 0.15) is 31.2 Å². The molecule has 27 heavy (non-hydrogen) atoms. The van der Waals surface area contributed by atoms with Crippen molar-refractivity contribution < 1.29 is 19.3 Å². The summed E-state index contributed by atoms with van der Waals surface area (Å²) in [6, 6.07) is 5.99. The van der Waals surface area contributed by atoms with Gasteiger partial charge in [0, 0.05) is 19.2 Å². The van der Waals surface area contributed by atoms with Crippen molar-refractivity contribution in [1.29, 1.82) is 0 Å². The molecular formula is C18H19N3O5S. The van der Waals surface area contributed by atoms with Gasteiger partial charge < -0.3 is 4.90 Å². The summed E-state index contributed by atoms with van der Waals surface area (Å²) in [6.07, 6.45) is 5.32. The van der Waals surface area contributed by atoms with Crippen LogP contribution in [-0.4, -0.2) is 51.4 Å². The maximum Gasteiger partial charge on any atom is 0.294 e. The second-order valence-electron chi connectivity index (χ2n) is 6.38. The number of likely N-dealkylation sites (tertiary alicyclic amines) is 1. The van der Waals surface area contributed by atoms with Gasteiger partial charge in [0.15, 0.2) is 0 Å². The fourth-order valence-corrected chi connectivity index (χ4v) is 3.94. The minimum atomic E-state index is -0.591. The Kier molecular flexibility index (Phi) is 5.90. The number of hydrogen-bond acceptors (Lipinski definition) is 6. The summed E-state index contributed by atoms with van der Waals surface area (Å²) in [5, 5.41) is 10.6. The van der Waals surface area contributed by atoms with Gasteiger partial charge in [0.1, 0.15) is 6.54 Å². The van der Waals surface area contributed by atoms with E-state index in [-0.39, 0.29) is 28.6 Å². The number of nitro groups is 1. The van der Waals surface area contributed by atoms with E-state index in [0.29, 0.717) is 24.9 Å². The molecule has 142 valence electrons. The van der Waals surface area contributed by atoms with E-state index in [1.165, 1.54) is 24.3 Å². The molecule has 1 aromatic carbocycles. The van der Waals surface area contributed by atoms with Crippen molar-refractivity contribution in [2.75, 3.05) is 19.6 Å². The van der Waals surface area contributed by atoms with Crippen LogP contribution in [0.5, 0.6) is 0 Å². The van der Waals surface area contributed by atoms with Crippen LogP contribution in [0.4, 0.5) is 10.5 Å². The van der Waals surface area contributed by atoms with E-state index in [9.17, 15) is 24.5 Å². The van der Waals surface area contributed by atoms with Crippen LogP contribution in [0, 0.1) is 10.1 Å². The average Bonchev–Trinajstić information content (AvgIpc) is 2.86. The van der Waals surface area contributed by atoms with Gasteiger partial charge in [-0.2, -0.15) is 0 Å². The molecule has 0 radical (unpaired) electrons. The third kappa shape index (κ3) is 4.36. The summed E-state index contributed by atoms with van der Waals surface area (Å²) in [5.41, 5.74) is 0.0942. The van der Waals surface area contributed by atoms with Gasteiger partial charge in [-0.15, -0.1) is 0 Å². The monoisotopic (exact) mass is 389 g/mol. The molecule has 2 aliphatic rings. The first kappa shape index (κ1) is 19.1. The van der Waals surface area contributed by atoms with E-state index >= 15 is 0 Å². The zero-order valence-corrected chi connectivity index (χ0v) is 15.4. The molecule has 8 nitrogen and oxygen atoms in total. The van der Waals surface area contributed by atoms with Crippen molar-refractivity contribution >= 4 is 40.6 Å². The summed E-state index contributed by atoms with van der Waals surface area (Å²) in [5.74, 6) is -0.836. The molecule has 0 saturated carbocycles. The average molecular weight is 389 g/mol. The quantitative estimate of drug-likeness (QED) is 0.446. The number of amides is 3. The molecule has 3 rings (SSSR count). The number of hydrogen-bond donors (Lipinski definition) is 0. The lowest BCUT2D eigenvalue weighted by Gasteiger charge is -2.22. The second-order valence-corrected chi connectivity index (χ2v) is 7.37. The Morgan fingerprint density at radius 2 is 1.81 bits per heavy atom. The van der Waals surface area contributed by atoms with Gasteiger partial charge in [-0.3, -0.25) is 29.4 Å². The number of para-hydroxylation sites is 1. The number of rotatable bonds is 4. The topological polar surface area (TPSA) is 101 Å². The second kappa shape index (κ2) is 8.34. The van der Waals surface area contributed by atoms with Crippen molar-refractivity contribution in [2.45, 2.75) is 25.7 Å². The van der Waals surface area contributed by atoms with Gasteiger partial charge in [0.2, 0.25) is 5.91 Å². The lowest BCUT2D eigenvalue weighted by Crippen LogP contribution is -2.42. The van der Waals surface area contributed by atoms with Crippen LogP contribution in [0.2, 0.25) is 0 Å². The number of benzene rings is 1. The van der Waals surface area contributed by atoms with E-state index in [4.69, 9.17) is 0 Å². The van der Waals surface area contributed by atoms with E-state index in [2.05, 4.69) is 0 Å². The fourth-order valence-electron chi connectivity index (χ4n) is 3.11. The fraction of sp³-hybridized carbons (Fsp3) is 0.389. The minimum absolute atomic E-state index is 0.0815. The Labute approximate surface area is 160 Å². The van der Waals surface area contributed by atoms with Gasteiger partial charge in [0.05, 0.1) is 15.4 Å². The van der Waals surface area contributed by atoms with Crippen LogP contribution >= 0.6 is 11.8 Å².